The SMILES string of the molecule is COc1ccc(Br)c(OC(C)C(=O)O)c1. The van der Waals surface area contributed by atoms with Crippen molar-refractivity contribution < 1.29 is 19.4 Å². The quantitative estimate of drug-likeness (QED) is 0.916. The van der Waals surface area contributed by atoms with Gasteiger partial charge in [0.2, 0.25) is 0 Å². The predicted molar refractivity (Wildman–Crippen MR) is 58.4 cm³/mol. The molecule has 0 aromatic heterocycles. The summed E-state index contributed by atoms with van der Waals surface area (Å²) in [6, 6.07) is 5.12. The molecule has 0 heterocycles. The summed E-state index contributed by atoms with van der Waals surface area (Å²) < 4.78 is 10.9. The lowest BCUT2D eigenvalue weighted by Crippen LogP contribution is -2.23. The summed E-state index contributed by atoms with van der Waals surface area (Å²) in [6.07, 6.45) is -0.895. The lowest BCUT2D eigenvalue weighted by molar-refractivity contribution is -0.144. The van der Waals surface area contributed by atoms with Crippen molar-refractivity contribution in [2.75, 3.05) is 7.11 Å². The molecule has 0 aliphatic heterocycles. The molecule has 0 fully saturated rings. The van der Waals surface area contributed by atoms with E-state index in [1.807, 2.05) is 0 Å². The molecule has 1 aromatic carbocycles. The third-order valence-corrected chi connectivity index (χ3v) is 2.45. The molecular formula is C10H11BrO4. The summed E-state index contributed by atoms with van der Waals surface area (Å²) in [6.45, 7) is 1.47. The van der Waals surface area contributed by atoms with Crippen LogP contribution < -0.4 is 9.47 Å². The maximum Gasteiger partial charge on any atom is 0.344 e. The van der Waals surface area contributed by atoms with Gasteiger partial charge in [0, 0.05) is 6.07 Å². The second-order valence-electron chi connectivity index (χ2n) is 2.89. The molecule has 82 valence electrons. The first-order valence-corrected chi connectivity index (χ1v) is 5.07. The number of carboxylic acid groups (broad SMARTS) is 1. The predicted octanol–water partition coefficient (Wildman–Crippen LogP) is 2.31. The lowest BCUT2D eigenvalue weighted by Gasteiger charge is -2.12. The number of rotatable bonds is 4. The summed E-state index contributed by atoms with van der Waals surface area (Å²) in [5.74, 6) is 0.0553. The maximum atomic E-state index is 10.6. The minimum atomic E-state index is -1.01. The molecule has 0 radical (unpaired) electrons. The molecule has 1 unspecified atom stereocenters. The Bertz CT molecular complexity index is 364. The van der Waals surface area contributed by atoms with Gasteiger partial charge in [0.15, 0.2) is 6.10 Å². The molecular weight excluding hydrogens is 264 g/mol. The normalized spacial score (nSPS) is 11.9. The monoisotopic (exact) mass is 274 g/mol. The zero-order chi connectivity index (χ0) is 11.4. The van der Waals surface area contributed by atoms with Crippen LogP contribution >= 0.6 is 15.9 Å². The molecule has 0 bridgehead atoms. The molecule has 1 atom stereocenters. The third kappa shape index (κ3) is 3.13. The van der Waals surface area contributed by atoms with Gasteiger partial charge in [0.05, 0.1) is 11.6 Å². The van der Waals surface area contributed by atoms with Crippen LogP contribution in [0.4, 0.5) is 0 Å². The van der Waals surface area contributed by atoms with E-state index in [0.29, 0.717) is 16.0 Å². The summed E-state index contributed by atoms with van der Waals surface area (Å²) >= 11 is 3.26. The average Bonchev–Trinajstić information content (AvgIpc) is 2.21. The first kappa shape index (κ1) is 11.8. The van der Waals surface area contributed by atoms with Gasteiger partial charge in [-0.3, -0.25) is 0 Å². The second-order valence-corrected chi connectivity index (χ2v) is 3.75. The van der Waals surface area contributed by atoms with Crippen LogP contribution in [0.25, 0.3) is 0 Å². The number of carbonyl (C=O) groups is 1. The van der Waals surface area contributed by atoms with Gasteiger partial charge in [-0.2, -0.15) is 0 Å². The molecule has 5 heteroatoms. The highest BCUT2D eigenvalue weighted by atomic mass is 79.9. The topological polar surface area (TPSA) is 55.8 Å². The smallest absolute Gasteiger partial charge is 0.344 e. The number of hydrogen-bond donors (Lipinski definition) is 1. The Kier molecular flexibility index (Phi) is 3.96. The molecule has 0 spiro atoms. The number of methoxy groups -OCH3 is 1. The van der Waals surface area contributed by atoms with Crippen LogP contribution in [0.5, 0.6) is 11.5 Å². The molecule has 0 saturated heterocycles. The van der Waals surface area contributed by atoms with Crippen molar-refractivity contribution in [3.63, 3.8) is 0 Å². The van der Waals surface area contributed by atoms with Gasteiger partial charge in [0.1, 0.15) is 11.5 Å². The number of halogens is 1. The van der Waals surface area contributed by atoms with Crippen molar-refractivity contribution in [3.05, 3.63) is 22.7 Å². The minimum absolute atomic E-state index is 0.448. The van der Waals surface area contributed by atoms with Crippen molar-refractivity contribution in [3.8, 4) is 11.5 Å². The Hall–Kier alpha value is -1.23. The number of aliphatic carboxylic acids is 1. The lowest BCUT2D eigenvalue weighted by atomic mass is 10.3. The van der Waals surface area contributed by atoms with E-state index in [4.69, 9.17) is 14.6 Å². The Morgan fingerprint density at radius 2 is 2.20 bits per heavy atom. The van der Waals surface area contributed by atoms with E-state index in [2.05, 4.69) is 15.9 Å². The van der Waals surface area contributed by atoms with Gasteiger partial charge in [-0.05, 0) is 35.0 Å². The summed E-state index contributed by atoms with van der Waals surface area (Å²) in [5.41, 5.74) is 0. The van der Waals surface area contributed by atoms with Crippen LogP contribution in [0.2, 0.25) is 0 Å². The standard InChI is InChI=1S/C10H11BrO4/c1-6(10(12)13)15-9-5-7(14-2)3-4-8(9)11/h3-6H,1-2H3,(H,12,13). The number of carboxylic acids is 1. The minimum Gasteiger partial charge on any atom is -0.497 e. The van der Waals surface area contributed by atoms with Crippen LogP contribution in [0.1, 0.15) is 6.92 Å². The van der Waals surface area contributed by atoms with Gasteiger partial charge in [-0.15, -0.1) is 0 Å². The summed E-state index contributed by atoms with van der Waals surface area (Å²) in [5, 5.41) is 8.69. The highest BCUT2D eigenvalue weighted by Crippen LogP contribution is 2.29. The summed E-state index contributed by atoms with van der Waals surface area (Å²) in [4.78, 5) is 10.6. The van der Waals surface area contributed by atoms with Crippen LogP contribution in [-0.2, 0) is 4.79 Å². The van der Waals surface area contributed by atoms with Crippen molar-refractivity contribution in [2.45, 2.75) is 13.0 Å². The highest BCUT2D eigenvalue weighted by Gasteiger charge is 2.14. The largest absolute Gasteiger partial charge is 0.497 e. The zero-order valence-corrected chi connectivity index (χ0v) is 9.95. The molecule has 0 aliphatic rings. The van der Waals surface area contributed by atoms with E-state index in [9.17, 15) is 4.79 Å². The van der Waals surface area contributed by atoms with Gasteiger partial charge in [0.25, 0.3) is 0 Å². The van der Waals surface area contributed by atoms with Crippen LogP contribution in [0.15, 0.2) is 22.7 Å². The zero-order valence-electron chi connectivity index (χ0n) is 8.36. The van der Waals surface area contributed by atoms with E-state index < -0.39 is 12.1 Å². The average molecular weight is 275 g/mol. The number of ether oxygens (including phenoxy) is 2. The molecule has 1 N–H and O–H groups in total. The molecule has 0 amide bonds. The van der Waals surface area contributed by atoms with Crippen molar-refractivity contribution in [1.29, 1.82) is 0 Å². The Morgan fingerprint density at radius 3 is 2.73 bits per heavy atom. The van der Waals surface area contributed by atoms with Crippen molar-refractivity contribution in [2.24, 2.45) is 0 Å². The fourth-order valence-electron chi connectivity index (χ4n) is 0.942. The molecule has 0 saturated carbocycles. The van der Waals surface area contributed by atoms with E-state index >= 15 is 0 Å². The number of benzene rings is 1. The van der Waals surface area contributed by atoms with Crippen LogP contribution in [0, 0.1) is 0 Å². The van der Waals surface area contributed by atoms with Crippen LogP contribution in [-0.4, -0.2) is 24.3 Å². The Balaban J connectivity index is 2.88. The van der Waals surface area contributed by atoms with Crippen LogP contribution in [0.3, 0.4) is 0 Å². The van der Waals surface area contributed by atoms with Gasteiger partial charge in [-0.1, -0.05) is 0 Å². The number of hydrogen-bond acceptors (Lipinski definition) is 3. The van der Waals surface area contributed by atoms with E-state index in [0.717, 1.165) is 0 Å². The molecule has 1 aromatic rings. The third-order valence-electron chi connectivity index (χ3n) is 1.79. The van der Waals surface area contributed by atoms with E-state index in [1.165, 1.54) is 14.0 Å². The van der Waals surface area contributed by atoms with Crippen molar-refractivity contribution in [1.82, 2.24) is 0 Å². The first-order valence-electron chi connectivity index (χ1n) is 4.27. The summed E-state index contributed by atoms with van der Waals surface area (Å²) in [7, 11) is 1.54. The Labute approximate surface area is 95.9 Å². The first-order chi connectivity index (χ1) is 7.04. The second kappa shape index (κ2) is 5.02. The van der Waals surface area contributed by atoms with Gasteiger partial charge < -0.3 is 14.6 Å². The molecule has 4 nitrogen and oxygen atoms in total. The molecule has 0 aliphatic carbocycles. The van der Waals surface area contributed by atoms with Crippen molar-refractivity contribution >= 4 is 21.9 Å². The fourth-order valence-corrected chi connectivity index (χ4v) is 1.28. The van der Waals surface area contributed by atoms with E-state index in [-0.39, 0.29) is 0 Å². The van der Waals surface area contributed by atoms with E-state index in [1.54, 1.807) is 18.2 Å². The van der Waals surface area contributed by atoms with Gasteiger partial charge >= 0.3 is 5.97 Å². The Morgan fingerprint density at radius 1 is 1.53 bits per heavy atom. The fraction of sp³-hybridized carbons (Fsp3) is 0.300. The van der Waals surface area contributed by atoms with Gasteiger partial charge in [-0.25, -0.2) is 4.79 Å². The molecule has 1 rings (SSSR count). The maximum absolute atomic E-state index is 10.6. The highest BCUT2D eigenvalue weighted by molar-refractivity contribution is 9.10. The molecule has 15 heavy (non-hydrogen) atoms.